The van der Waals surface area contributed by atoms with Crippen LogP contribution in [0.15, 0.2) is 66.9 Å². The van der Waals surface area contributed by atoms with Crippen LogP contribution < -0.4 is 9.47 Å². The Morgan fingerprint density at radius 3 is 1.80 bits per heavy atom. The summed E-state index contributed by atoms with van der Waals surface area (Å²) < 4.78 is 11.8. The fourth-order valence-corrected chi connectivity index (χ4v) is 5.09. The minimum Gasteiger partial charge on any atom is -0.494 e. The molecule has 3 nitrogen and oxygen atoms in total. The molecule has 3 aromatic rings. The maximum atomic E-state index is 6.02. The minimum absolute atomic E-state index is 0.793. The lowest BCUT2D eigenvalue weighted by Gasteiger charge is -2.12. The van der Waals surface area contributed by atoms with Crippen LogP contribution in [-0.4, -0.2) is 18.2 Å². The topological polar surface area (TPSA) is 31.4 Å². The molecule has 3 heteroatoms. The Balaban J connectivity index is 1.32. The Morgan fingerprint density at radius 1 is 0.575 bits per heavy atom. The lowest BCUT2D eigenvalue weighted by Crippen LogP contribution is -2.02. The van der Waals surface area contributed by atoms with E-state index in [4.69, 9.17) is 14.5 Å². The van der Waals surface area contributed by atoms with Crippen LogP contribution >= 0.6 is 0 Å². The van der Waals surface area contributed by atoms with Gasteiger partial charge in [-0.2, -0.15) is 0 Å². The summed E-state index contributed by atoms with van der Waals surface area (Å²) in [5.41, 5.74) is 4.71. The number of aryl methyl sites for hydroxylation is 2. The van der Waals surface area contributed by atoms with Crippen molar-refractivity contribution in [2.45, 2.75) is 111 Å². The molecule has 0 bridgehead atoms. The summed E-state index contributed by atoms with van der Waals surface area (Å²) >= 11 is 0. The van der Waals surface area contributed by atoms with Gasteiger partial charge < -0.3 is 9.47 Å². The Bertz CT molecular complexity index is 1030. The number of unbranched alkanes of at least 4 members (excludes halogenated alkanes) is 7. The fraction of sp³-hybridized carbons (Fsp3) is 0.541. The van der Waals surface area contributed by atoms with Crippen LogP contribution in [0, 0.1) is 5.92 Å². The average molecular weight is 544 g/mol. The zero-order valence-electron chi connectivity index (χ0n) is 25.5. The maximum Gasteiger partial charge on any atom is 0.119 e. The van der Waals surface area contributed by atoms with E-state index in [9.17, 15) is 0 Å². The van der Waals surface area contributed by atoms with E-state index in [2.05, 4.69) is 81.4 Å². The van der Waals surface area contributed by atoms with Crippen molar-refractivity contribution in [3.05, 3.63) is 78.0 Å². The average Bonchev–Trinajstić information content (AvgIpc) is 2.99. The summed E-state index contributed by atoms with van der Waals surface area (Å²) in [4.78, 5) is 4.73. The molecule has 0 amide bonds. The summed E-state index contributed by atoms with van der Waals surface area (Å²) in [5, 5.41) is 0. The molecule has 0 aliphatic carbocycles. The summed E-state index contributed by atoms with van der Waals surface area (Å²) in [7, 11) is 0. The van der Waals surface area contributed by atoms with Gasteiger partial charge in [-0.05, 0) is 91.6 Å². The van der Waals surface area contributed by atoms with Crippen molar-refractivity contribution in [2.24, 2.45) is 5.92 Å². The molecule has 0 N–H and O–H groups in total. The summed E-state index contributed by atoms with van der Waals surface area (Å²) in [6.07, 6.45) is 19.6. The molecule has 0 aliphatic rings. The van der Waals surface area contributed by atoms with Gasteiger partial charge in [0.1, 0.15) is 11.5 Å². The highest BCUT2D eigenvalue weighted by Crippen LogP contribution is 2.22. The van der Waals surface area contributed by atoms with Gasteiger partial charge in [0.2, 0.25) is 0 Å². The number of ether oxygens (including phenoxy) is 2. The molecule has 2 aromatic carbocycles. The molecule has 0 saturated carbocycles. The standard InChI is InChI=1S/C37H53NO2/c1-4-6-8-9-10-11-14-31(3)15-13-29-40-36-25-21-34(22-26-36)37-27-20-33(30-38-37)17-16-32-18-23-35(24-19-32)39-28-12-7-5-2/h18-27,30-31H,4-17,28-29H2,1-3H3/t31-/m0/s1. The Labute approximate surface area is 244 Å². The number of hydrogen-bond acceptors (Lipinski definition) is 3. The van der Waals surface area contributed by atoms with Crippen LogP contribution in [0.4, 0.5) is 0 Å². The van der Waals surface area contributed by atoms with Crippen molar-refractivity contribution >= 4 is 0 Å². The van der Waals surface area contributed by atoms with E-state index in [0.717, 1.165) is 67.6 Å². The van der Waals surface area contributed by atoms with Crippen LogP contribution in [-0.2, 0) is 12.8 Å². The van der Waals surface area contributed by atoms with Gasteiger partial charge >= 0.3 is 0 Å². The molecule has 0 radical (unpaired) electrons. The van der Waals surface area contributed by atoms with Crippen molar-refractivity contribution < 1.29 is 9.47 Å². The van der Waals surface area contributed by atoms with Gasteiger partial charge in [0, 0.05) is 11.8 Å². The van der Waals surface area contributed by atoms with Crippen molar-refractivity contribution in [1.29, 1.82) is 0 Å². The van der Waals surface area contributed by atoms with Crippen LogP contribution in [0.2, 0.25) is 0 Å². The third kappa shape index (κ3) is 12.6. The maximum absolute atomic E-state index is 6.02. The van der Waals surface area contributed by atoms with E-state index >= 15 is 0 Å². The number of nitrogens with zero attached hydrogens (tertiary/aromatic N) is 1. The zero-order valence-corrected chi connectivity index (χ0v) is 25.5. The third-order valence-corrected chi connectivity index (χ3v) is 7.78. The third-order valence-electron chi connectivity index (χ3n) is 7.78. The van der Waals surface area contributed by atoms with Gasteiger partial charge in [-0.15, -0.1) is 0 Å². The summed E-state index contributed by atoms with van der Waals surface area (Å²) in [5.74, 6) is 2.71. The number of pyridine rings is 1. The normalized spacial score (nSPS) is 11.9. The molecular weight excluding hydrogens is 490 g/mol. The molecule has 0 fully saturated rings. The highest BCUT2D eigenvalue weighted by molar-refractivity contribution is 5.60. The predicted octanol–water partition coefficient (Wildman–Crippen LogP) is 10.6. The van der Waals surface area contributed by atoms with Gasteiger partial charge in [-0.1, -0.05) is 96.8 Å². The highest BCUT2D eigenvalue weighted by atomic mass is 16.5. The smallest absolute Gasteiger partial charge is 0.119 e. The summed E-state index contributed by atoms with van der Waals surface area (Å²) in [6, 6.07) is 21.2. The second kappa shape index (κ2) is 19.3. The monoisotopic (exact) mass is 543 g/mol. The predicted molar refractivity (Wildman–Crippen MR) is 170 cm³/mol. The van der Waals surface area contributed by atoms with E-state index in [0.29, 0.717) is 0 Å². The van der Waals surface area contributed by atoms with Crippen LogP contribution in [0.1, 0.15) is 109 Å². The van der Waals surface area contributed by atoms with Gasteiger partial charge in [0.05, 0.1) is 18.9 Å². The van der Waals surface area contributed by atoms with E-state index in [1.54, 1.807) is 0 Å². The molecule has 0 unspecified atom stereocenters. The molecule has 218 valence electrons. The summed E-state index contributed by atoms with van der Waals surface area (Å²) in [6.45, 7) is 8.48. The minimum atomic E-state index is 0.793. The highest BCUT2D eigenvalue weighted by Gasteiger charge is 2.05. The molecule has 1 heterocycles. The first-order valence-corrected chi connectivity index (χ1v) is 16.1. The van der Waals surface area contributed by atoms with Gasteiger partial charge in [0.15, 0.2) is 0 Å². The number of rotatable bonds is 21. The van der Waals surface area contributed by atoms with Gasteiger partial charge in [0.25, 0.3) is 0 Å². The molecule has 1 atom stereocenters. The molecule has 0 spiro atoms. The van der Waals surface area contributed by atoms with Crippen LogP contribution in [0.3, 0.4) is 0 Å². The van der Waals surface area contributed by atoms with Crippen LogP contribution in [0.5, 0.6) is 11.5 Å². The first-order valence-electron chi connectivity index (χ1n) is 16.1. The molecule has 40 heavy (non-hydrogen) atoms. The van der Waals surface area contributed by atoms with Gasteiger partial charge in [-0.25, -0.2) is 0 Å². The van der Waals surface area contributed by atoms with E-state index in [1.807, 2.05) is 6.20 Å². The molecule has 1 aromatic heterocycles. The first-order chi connectivity index (χ1) is 19.7. The van der Waals surface area contributed by atoms with Gasteiger partial charge in [-0.3, -0.25) is 4.98 Å². The lowest BCUT2D eigenvalue weighted by molar-refractivity contribution is 0.291. The van der Waals surface area contributed by atoms with E-state index < -0.39 is 0 Å². The Kier molecular flexibility index (Phi) is 15.3. The fourth-order valence-electron chi connectivity index (χ4n) is 5.09. The van der Waals surface area contributed by atoms with Crippen molar-refractivity contribution in [3.8, 4) is 22.8 Å². The molecule has 3 rings (SSSR count). The lowest BCUT2D eigenvalue weighted by atomic mass is 9.98. The number of benzene rings is 2. The van der Waals surface area contributed by atoms with Crippen molar-refractivity contribution in [1.82, 2.24) is 4.98 Å². The molecular formula is C37H53NO2. The van der Waals surface area contributed by atoms with Crippen LogP contribution in [0.25, 0.3) is 11.3 Å². The number of hydrogen-bond donors (Lipinski definition) is 0. The van der Waals surface area contributed by atoms with Crippen molar-refractivity contribution in [2.75, 3.05) is 13.2 Å². The van der Waals surface area contributed by atoms with Crippen molar-refractivity contribution in [3.63, 3.8) is 0 Å². The second-order valence-corrected chi connectivity index (χ2v) is 11.4. The Hall–Kier alpha value is -2.81. The second-order valence-electron chi connectivity index (χ2n) is 11.4. The SMILES string of the molecule is CCCCCCCC[C@H](C)CCCOc1ccc(-c2ccc(CCc3ccc(OCCCCC)cc3)cn2)cc1. The largest absolute Gasteiger partial charge is 0.494 e. The molecule has 0 saturated heterocycles. The first kappa shape index (κ1) is 31.7. The van der Waals surface area contributed by atoms with E-state index in [1.165, 1.54) is 75.3 Å². The Morgan fingerprint density at radius 2 is 1.12 bits per heavy atom. The quantitative estimate of drug-likeness (QED) is 0.125. The number of aromatic nitrogens is 1. The molecule has 0 aliphatic heterocycles. The zero-order chi connectivity index (χ0) is 28.3. The van der Waals surface area contributed by atoms with E-state index in [-0.39, 0.29) is 0 Å².